The van der Waals surface area contributed by atoms with Crippen LogP contribution < -0.4 is 20.4 Å². The first-order valence-corrected chi connectivity index (χ1v) is 18.4. The molecule has 0 heterocycles. The van der Waals surface area contributed by atoms with Crippen molar-refractivity contribution in [3.05, 3.63) is 47.5 Å². The Labute approximate surface area is 267 Å². The zero-order valence-corrected chi connectivity index (χ0v) is 28.6. The topological polar surface area (TPSA) is 161 Å². The van der Waals surface area contributed by atoms with Gasteiger partial charge in [-0.2, -0.15) is 0 Å². The summed E-state index contributed by atoms with van der Waals surface area (Å²) in [6.45, 7) is 12.4. The molecule has 0 bridgehead atoms. The Kier molecular flexibility index (Phi) is 14.9. The minimum atomic E-state index is -4.13. The molecule has 0 aliphatic rings. The third-order valence-corrected chi connectivity index (χ3v) is 11.4. The van der Waals surface area contributed by atoms with Crippen LogP contribution in [0.4, 0.5) is 32.3 Å². The number of carbonyl (C=O) groups excluding carboxylic acids is 2. The highest BCUT2D eigenvalue weighted by molar-refractivity contribution is 8.08. The molecule has 0 spiro atoms. The molecule has 0 atom stereocenters. The van der Waals surface area contributed by atoms with Crippen LogP contribution in [0, 0.1) is 13.8 Å². The fourth-order valence-electron chi connectivity index (χ4n) is 4.44. The summed E-state index contributed by atoms with van der Waals surface area (Å²) in [4.78, 5) is 28.7. The van der Waals surface area contributed by atoms with Crippen molar-refractivity contribution in [2.75, 3.05) is 90.1 Å². The van der Waals surface area contributed by atoms with Crippen LogP contribution in [0.1, 0.15) is 31.9 Å². The van der Waals surface area contributed by atoms with Gasteiger partial charge in [0.25, 0.3) is 0 Å². The molecule has 0 saturated heterocycles. The fourth-order valence-corrected chi connectivity index (χ4v) is 8.24. The van der Waals surface area contributed by atoms with E-state index >= 15 is 0 Å². The van der Waals surface area contributed by atoms with Crippen molar-refractivity contribution in [3.63, 3.8) is 0 Å². The van der Waals surface area contributed by atoms with Crippen molar-refractivity contribution in [2.45, 2.75) is 34.6 Å². The Balaban J connectivity index is 1.79. The SMILES string of the molecule is CCN(CC)c1ccc(NC(=O)OCCS(=O)(=O)CS(=O)(=O)CCOC(=O)Nc2ccc(N(CC)CCOC)cc2C)c(C)c1. The maximum absolute atomic E-state index is 12.4. The van der Waals surface area contributed by atoms with Crippen molar-refractivity contribution < 1.29 is 40.6 Å². The average molecular weight is 671 g/mol. The first-order valence-electron chi connectivity index (χ1n) is 14.7. The van der Waals surface area contributed by atoms with Gasteiger partial charge in [0.15, 0.2) is 24.8 Å². The third-order valence-electron chi connectivity index (χ3n) is 6.95. The van der Waals surface area contributed by atoms with Gasteiger partial charge in [0.05, 0.1) is 18.1 Å². The number of likely N-dealkylation sites (N-methyl/N-ethyl adjacent to an activating group) is 1. The minimum absolute atomic E-state index is 0.493. The molecule has 0 unspecified atom stereocenters. The maximum atomic E-state index is 12.4. The second-order valence-electron chi connectivity index (χ2n) is 10.3. The molecule has 2 aromatic rings. The number of amides is 2. The summed E-state index contributed by atoms with van der Waals surface area (Å²) in [6.07, 6.45) is -1.72. The number of rotatable bonds is 18. The number of sulfone groups is 2. The van der Waals surface area contributed by atoms with E-state index in [9.17, 15) is 26.4 Å². The van der Waals surface area contributed by atoms with Crippen LogP contribution in [-0.2, 0) is 33.9 Å². The predicted octanol–water partition coefficient (Wildman–Crippen LogP) is 4.21. The van der Waals surface area contributed by atoms with Crippen LogP contribution >= 0.6 is 0 Å². The molecule has 252 valence electrons. The smallest absolute Gasteiger partial charge is 0.411 e. The van der Waals surface area contributed by atoms with Crippen molar-refractivity contribution in [3.8, 4) is 0 Å². The summed E-state index contributed by atoms with van der Waals surface area (Å²) < 4.78 is 64.7. The number of hydrogen-bond acceptors (Lipinski definition) is 11. The maximum Gasteiger partial charge on any atom is 0.411 e. The lowest BCUT2D eigenvalue weighted by molar-refractivity contribution is 0.167. The Morgan fingerprint density at radius 2 is 1.11 bits per heavy atom. The largest absolute Gasteiger partial charge is 0.448 e. The van der Waals surface area contributed by atoms with E-state index in [1.807, 2.05) is 58.9 Å². The van der Waals surface area contributed by atoms with Crippen LogP contribution in [0.15, 0.2) is 36.4 Å². The normalized spacial score (nSPS) is 11.5. The van der Waals surface area contributed by atoms with Gasteiger partial charge in [-0.15, -0.1) is 0 Å². The Morgan fingerprint density at radius 3 is 1.49 bits per heavy atom. The second kappa shape index (κ2) is 17.8. The summed E-state index contributed by atoms with van der Waals surface area (Å²) >= 11 is 0. The molecule has 0 fully saturated rings. The molecule has 2 amide bonds. The average Bonchev–Trinajstić information content (AvgIpc) is 2.96. The molecule has 45 heavy (non-hydrogen) atoms. The predicted molar refractivity (Wildman–Crippen MR) is 178 cm³/mol. The van der Waals surface area contributed by atoms with Crippen LogP contribution in [0.2, 0.25) is 0 Å². The Morgan fingerprint density at radius 1 is 0.689 bits per heavy atom. The third kappa shape index (κ3) is 12.8. The van der Waals surface area contributed by atoms with Gasteiger partial charge >= 0.3 is 12.2 Å². The van der Waals surface area contributed by atoms with Gasteiger partial charge < -0.3 is 24.0 Å². The lowest BCUT2D eigenvalue weighted by Gasteiger charge is -2.23. The molecule has 2 rings (SSSR count). The highest BCUT2D eigenvalue weighted by atomic mass is 32.3. The van der Waals surface area contributed by atoms with E-state index in [0.717, 1.165) is 42.1 Å². The van der Waals surface area contributed by atoms with Crippen molar-refractivity contribution in [1.82, 2.24) is 0 Å². The Hall–Kier alpha value is -3.56. The molecular formula is C30H46N4O9S2. The fraction of sp³-hybridized carbons (Fsp3) is 0.533. The number of methoxy groups -OCH3 is 1. The number of benzene rings is 2. The minimum Gasteiger partial charge on any atom is -0.448 e. The number of anilines is 4. The quantitative estimate of drug-likeness (QED) is 0.234. The lowest BCUT2D eigenvalue weighted by atomic mass is 10.1. The van der Waals surface area contributed by atoms with Gasteiger partial charge in [-0.3, -0.25) is 10.6 Å². The van der Waals surface area contributed by atoms with Crippen LogP contribution in [0.5, 0.6) is 0 Å². The summed E-state index contributed by atoms with van der Waals surface area (Å²) in [6, 6.07) is 11.0. The zero-order valence-electron chi connectivity index (χ0n) is 26.9. The molecule has 2 aromatic carbocycles. The van der Waals surface area contributed by atoms with Crippen LogP contribution in [0.3, 0.4) is 0 Å². The van der Waals surface area contributed by atoms with Gasteiger partial charge in [0, 0.05) is 56.0 Å². The van der Waals surface area contributed by atoms with Crippen LogP contribution in [-0.4, -0.2) is 98.7 Å². The summed E-state index contributed by atoms with van der Waals surface area (Å²) in [5.74, 6) is -1.37. The van der Waals surface area contributed by atoms with Crippen molar-refractivity contribution in [1.29, 1.82) is 0 Å². The number of aryl methyl sites for hydroxylation is 2. The lowest BCUT2D eigenvalue weighted by Crippen LogP contribution is -2.27. The number of carbonyl (C=O) groups is 2. The van der Waals surface area contributed by atoms with Gasteiger partial charge in [-0.05, 0) is 82.1 Å². The second-order valence-corrected chi connectivity index (χ2v) is 15.0. The van der Waals surface area contributed by atoms with Gasteiger partial charge in [0.2, 0.25) is 0 Å². The molecule has 2 N–H and O–H groups in total. The molecule has 0 saturated carbocycles. The highest BCUT2D eigenvalue weighted by Gasteiger charge is 2.23. The van der Waals surface area contributed by atoms with E-state index in [4.69, 9.17) is 14.2 Å². The van der Waals surface area contributed by atoms with Crippen molar-refractivity contribution in [2.24, 2.45) is 0 Å². The molecule has 13 nitrogen and oxygen atoms in total. The zero-order chi connectivity index (χ0) is 33.6. The van der Waals surface area contributed by atoms with Gasteiger partial charge in [-0.1, -0.05) is 0 Å². The molecule has 15 heteroatoms. The molecule has 0 aliphatic heterocycles. The molecule has 0 aliphatic carbocycles. The standard InChI is InChI=1S/C30H46N4O9S2/c1-7-33(8-2)25-10-12-27(23(4)20-25)31-29(35)42-16-18-44(37,38)22-45(39,40)19-17-43-30(36)32-28-13-11-26(21-24(28)5)34(9-3)14-15-41-6/h10-13,20-21H,7-9,14-19,22H2,1-6H3,(H,31,35)(H,32,36). The number of hydrogen-bond donors (Lipinski definition) is 2. The molecule has 0 aromatic heterocycles. The number of ether oxygens (including phenoxy) is 3. The highest BCUT2D eigenvalue weighted by Crippen LogP contribution is 2.24. The first-order chi connectivity index (χ1) is 21.2. The van der Waals surface area contributed by atoms with Gasteiger partial charge in [-0.25, -0.2) is 26.4 Å². The summed E-state index contributed by atoms with van der Waals surface area (Å²) in [5, 5.41) is 3.97. The summed E-state index contributed by atoms with van der Waals surface area (Å²) in [5.41, 5.74) is 4.55. The monoisotopic (exact) mass is 670 g/mol. The van der Waals surface area contributed by atoms with E-state index in [2.05, 4.69) is 20.4 Å². The molecule has 0 radical (unpaired) electrons. The van der Waals surface area contributed by atoms with Gasteiger partial charge in [0.1, 0.15) is 13.2 Å². The number of nitrogens with one attached hydrogen (secondary N) is 2. The van der Waals surface area contributed by atoms with E-state index < -0.39 is 61.7 Å². The Bertz CT molecular complexity index is 1490. The van der Waals surface area contributed by atoms with Crippen LogP contribution in [0.25, 0.3) is 0 Å². The number of nitrogens with zero attached hydrogens (tertiary/aromatic N) is 2. The molecular weight excluding hydrogens is 624 g/mol. The van der Waals surface area contributed by atoms with E-state index in [0.29, 0.717) is 24.5 Å². The van der Waals surface area contributed by atoms with E-state index in [1.165, 1.54) is 0 Å². The van der Waals surface area contributed by atoms with Crippen molar-refractivity contribution >= 4 is 54.6 Å². The summed E-state index contributed by atoms with van der Waals surface area (Å²) in [7, 11) is -6.62. The first kappa shape index (κ1) is 37.6. The van der Waals surface area contributed by atoms with E-state index in [1.54, 1.807) is 19.2 Å². The van der Waals surface area contributed by atoms with E-state index in [-0.39, 0.29) is 0 Å².